The molecule has 19 heavy (non-hydrogen) atoms. The number of nitrogens with zero attached hydrogens (tertiary/aromatic N) is 2. The molecule has 1 aliphatic heterocycles. The number of para-hydroxylation sites is 2. The van der Waals surface area contributed by atoms with Crippen LogP contribution in [-0.2, 0) is 17.7 Å². The number of aliphatic hydroxyl groups excluding tert-OH is 1. The van der Waals surface area contributed by atoms with Gasteiger partial charge in [0, 0.05) is 19.6 Å². The van der Waals surface area contributed by atoms with Crippen molar-refractivity contribution in [1.82, 2.24) is 9.55 Å². The van der Waals surface area contributed by atoms with Crippen LogP contribution in [0.15, 0.2) is 24.3 Å². The lowest BCUT2D eigenvalue weighted by molar-refractivity contribution is 0.0971. The second kappa shape index (κ2) is 5.72. The number of aromatic nitrogens is 2. The molecular formula is C15H20N2O2. The molecule has 0 radical (unpaired) electrons. The van der Waals surface area contributed by atoms with Crippen molar-refractivity contribution in [2.75, 3.05) is 13.2 Å². The van der Waals surface area contributed by atoms with Gasteiger partial charge >= 0.3 is 0 Å². The van der Waals surface area contributed by atoms with E-state index >= 15 is 0 Å². The van der Waals surface area contributed by atoms with E-state index in [1.165, 1.54) is 5.52 Å². The van der Waals surface area contributed by atoms with Crippen molar-refractivity contribution < 1.29 is 9.84 Å². The first-order valence-corrected chi connectivity index (χ1v) is 7.05. The standard InChI is InChI=1S/C15H20N2O2/c18-9-3-8-15-16-13-6-1-2-7-14(13)17(15)11-12-5-4-10-19-12/h1-2,6-7,12,18H,3-5,8-11H2. The van der Waals surface area contributed by atoms with Gasteiger partial charge in [0.2, 0.25) is 0 Å². The van der Waals surface area contributed by atoms with Gasteiger partial charge in [-0.2, -0.15) is 0 Å². The molecule has 1 aromatic carbocycles. The van der Waals surface area contributed by atoms with Gasteiger partial charge in [-0.3, -0.25) is 0 Å². The van der Waals surface area contributed by atoms with Gasteiger partial charge in [0.15, 0.2) is 0 Å². The number of imidazole rings is 1. The quantitative estimate of drug-likeness (QED) is 0.896. The summed E-state index contributed by atoms with van der Waals surface area (Å²) in [6.45, 7) is 1.97. The fraction of sp³-hybridized carbons (Fsp3) is 0.533. The predicted octanol–water partition coefficient (Wildman–Crippen LogP) is 2.14. The molecule has 1 saturated heterocycles. The Morgan fingerprint density at radius 1 is 1.37 bits per heavy atom. The minimum Gasteiger partial charge on any atom is -0.396 e. The number of benzene rings is 1. The summed E-state index contributed by atoms with van der Waals surface area (Å²) in [5.41, 5.74) is 2.21. The molecule has 1 atom stereocenters. The Balaban J connectivity index is 1.92. The number of rotatable bonds is 5. The van der Waals surface area contributed by atoms with Crippen LogP contribution in [0.4, 0.5) is 0 Å². The van der Waals surface area contributed by atoms with Crippen LogP contribution in [0.25, 0.3) is 11.0 Å². The molecule has 0 bridgehead atoms. The van der Waals surface area contributed by atoms with E-state index in [0.29, 0.717) is 6.10 Å². The van der Waals surface area contributed by atoms with Gasteiger partial charge in [0.05, 0.1) is 23.7 Å². The van der Waals surface area contributed by atoms with Crippen molar-refractivity contribution in [3.63, 3.8) is 0 Å². The normalized spacial score (nSPS) is 19.3. The SMILES string of the molecule is OCCCc1nc2ccccc2n1CC1CCCO1. The molecule has 102 valence electrons. The highest BCUT2D eigenvalue weighted by Gasteiger charge is 2.19. The molecule has 4 nitrogen and oxygen atoms in total. The highest BCUT2D eigenvalue weighted by molar-refractivity contribution is 5.75. The fourth-order valence-corrected chi connectivity index (χ4v) is 2.75. The van der Waals surface area contributed by atoms with Crippen LogP contribution >= 0.6 is 0 Å². The molecule has 1 unspecified atom stereocenters. The molecule has 1 aliphatic rings. The molecule has 0 spiro atoms. The van der Waals surface area contributed by atoms with Gasteiger partial charge in [0.25, 0.3) is 0 Å². The topological polar surface area (TPSA) is 47.3 Å². The van der Waals surface area contributed by atoms with E-state index in [1.807, 2.05) is 18.2 Å². The molecule has 1 aromatic heterocycles. The van der Waals surface area contributed by atoms with E-state index in [-0.39, 0.29) is 6.61 Å². The van der Waals surface area contributed by atoms with Crippen molar-refractivity contribution in [2.24, 2.45) is 0 Å². The Morgan fingerprint density at radius 3 is 3.05 bits per heavy atom. The number of hydrogen-bond donors (Lipinski definition) is 1. The van der Waals surface area contributed by atoms with Crippen LogP contribution in [0, 0.1) is 0 Å². The second-order valence-corrected chi connectivity index (χ2v) is 5.09. The van der Waals surface area contributed by atoms with Crippen LogP contribution in [-0.4, -0.2) is 34.0 Å². The van der Waals surface area contributed by atoms with Gasteiger partial charge in [-0.15, -0.1) is 0 Å². The fourth-order valence-electron chi connectivity index (χ4n) is 2.75. The van der Waals surface area contributed by atoms with E-state index in [9.17, 15) is 0 Å². The lowest BCUT2D eigenvalue weighted by Crippen LogP contribution is -2.17. The van der Waals surface area contributed by atoms with Crippen molar-refractivity contribution in [3.05, 3.63) is 30.1 Å². The minimum atomic E-state index is 0.211. The molecular weight excluding hydrogens is 240 g/mol. The molecule has 0 amide bonds. The molecule has 4 heteroatoms. The van der Waals surface area contributed by atoms with E-state index in [2.05, 4.69) is 15.6 Å². The lowest BCUT2D eigenvalue weighted by Gasteiger charge is -2.14. The van der Waals surface area contributed by atoms with Crippen molar-refractivity contribution in [1.29, 1.82) is 0 Å². The molecule has 3 rings (SSSR count). The number of aryl methyl sites for hydroxylation is 1. The molecule has 2 aromatic rings. The summed E-state index contributed by atoms with van der Waals surface area (Å²) in [6, 6.07) is 8.22. The third-order valence-corrected chi connectivity index (χ3v) is 3.70. The maximum atomic E-state index is 9.02. The Morgan fingerprint density at radius 2 is 2.26 bits per heavy atom. The maximum absolute atomic E-state index is 9.02. The van der Waals surface area contributed by atoms with Crippen LogP contribution < -0.4 is 0 Å². The largest absolute Gasteiger partial charge is 0.396 e. The predicted molar refractivity (Wildman–Crippen MR) is 74.1 cm³/mol. The summed E-state index contributed by atoms with van der Waals surface area (Å²) in [5, 5.41) is 9.02. The second-order valence-electron chi connectivity index (χ2n) is 5.09. The number of ether oxygens (including phenoxy) is 1. The van der Waals surface area contributed by atoms with Crippen LogP contribution in [0.1, 0.15) is 25.1 Å². The summed E-state index contributed by atoms with van der Waals surface area (Å²) < 4.78 is 8.00. The van der Waals surface area contributed by atoms with Gasteiger partial charge in [-0.25, -0.2) is 4.98 Å². The van der Waals surface area contributed by atoms with Crippen molar-refractivity contribution >= 4 is 11.0 Å². The molecule has 0 aliphatic carbocycles. The Labute approximate surface area is 113 Å². The van der Waals surface area contributed by atoms with E-state index < -0.39 is 0 Å². The first kappa shape index (κ1) is 12.6. The Hall–Kier alpha value is -1.39. The lowest BCUT2D eigenvalue weighted by atomic mass is 10.2. The van der Waals surface area contributed by atoms with Gasteiger partial charge in [0.1, 0.15) is 5.82 Å². The average Bonchev–Trinajstić information content (AvgIpc) is 3.06. The number of fused-ring (bicyclic) bond motifs is 1. The van der Waals surface area contributed by atoms with E-state index in [0.717, 1.165) is 50.2 Å². The summed E-state index contributed by atoms with van der Waals surface area (Å²) in [5.74, 6) is 1.06. The first-order chi connectivity index (χ1) is 9.38. The summed E-state index contributed by atoms with van der Waals surface area (Å²) >= 11 is 0. The third-order valence-electron chi connectivity index (χ3n) is 3.70. The van der Waals surface area contributed by atoms with Gasteiger partial charge in [-0.05, 0) is 31.4 Å². The zero-order chi connectivity index (χ0) is 13.1. The van der Waals surface area contributed by atoms with Crippen molar-refractivity contribution in [3.8, 4) is 0 Å². The van der Waals surface area contributed by atoms with E-state index in [1.54, 1.807) is 0 Å². The maximum Gasteiger partial charge on any atom is 0.110 e. The molecule has 0 saturated carbocycles. The Kier molecular flexibility index (Phi) is 3.80. The summed E-state index contributed by atoms with van der Waals surface area (Å²) in [4.78, 5) is 4.69. The summed E-state index contributed by atoms with van der Waals surface area (Å²) in [6.07, 6.45) is 4.17. The molecule has 1 N–H and O–H groups in total. The third kappa shape index (κ3) is 2.65. The Bertz CT molecular complexity index is 544. The summed E-state index contributed by atoms with van der Waals surface area (Å²) in [7, 11) is 0. The smallest absolute Gasteiger partial charge is 0.110 e. The monoisotopic (exact) mass is 260 g/mol. The number of aliphatic hydroxyl groups is 1. The average molecular weight is 260 g/mol. The zero-order valence-corrected chi connectivity index (χ0v) is 11.1. The van der Waals surface area contributed by atoms with E-state index in [4.69, 9.17) is 9.84 Å². The first-order valence-electron chi connectivity index (χ1n) is 7.05. The molecule has 1 fully saturated rings. The number of hydrogen-bond acceptors (Lipinski definition) is 3. The van der Waals surface area contributed by atoms with Crippen LogP contribution in [0.2, 0.25) is 0 Å². The zero-order valence-electron chi connectivity index (χ0n) is 11.1. The highest BCUT2D eigenvalue weighted by atomic mass is 16.5. The van der Waals surface area contributed by atoms with Crippen LogP contribution in [0.5, 0.6) is 0 Å². The minimum absolute atomic E-state index is 0.211. The van der Waals surface area contributed by atoms with Crippen LogP contribution in [0.3, 0.4) is 0 Å². The highest BCUT2D eigenvalue weighted by Crippen LogP contribution is 2.21. The van der Waals surface area contributed by atoms with Crippen molar-refractivity contribution in [2.45, 2.75) is 38.3 Å². The molecule has 2 heterocycles. The van der Waals surface area contributed by atoms with Gasteiger partial charge < -0.3 is 14.4 Å². The van der Waals surface area contributed by atoms with Gasteiger partial charge in [-0.1, -0.05) is 12.1 Å².